The lowest BCUT2D eigenvalue weighted by atomic mass is 9.95. The van der Waals surface area contributed by atoms with Crippen molar-refractivity contribution in [3.63, 3.8) is 0 Å². The Morgan fingerprint density at radius 3 is 2.40 bits per heavy atom. The molecule has 0 bridgehead atoms. The monoisotopic (exact) mass is 463 g/mol. The van der Waals surface area contributed by atoms with Crippen LogP contribution in [0, 0.1) is 12.7 Å². The van der Waals surface area contributed by atoms with Gasteiger partial charge in [0.2, 0.25) is 5.13 Å². The molecule has 1 unspecified atom stereocenters. The topological polar surface area (TPSA) is 83.4 Å². The van der Waals surface area contributed by atoms with Crippen LogP contribution in [-0.4, -0.2) is 27.0 Å². The number of aryl methyl sites for hydroxylation is 1. The smallest absolute Gasteiger partial charge is 0.301 e. The SMILES string of the molecule is Cc1nnc(N2C(=O)C(=O)/C(=C(\O)c3ccc(F)cc3)C2c2ccc(Cl)c(Cl)c2)s1. The van der Waals surface area contributed by atoms with Crippen molar-refractivity contribution < 1.29 is 19.1 Å². The lowest BCUT2D eigenvalue weighted by Crippen LogP contribution is -2.29. The van der Waals surface area contributed by atoms with E-state index in [-0.39, 0.29) is 21.3 Å². The van der Waals surface area contributed by atoms with Crippen LogP contribution in [0.25, 0.3) is 5.76 Å². The Balaban J connectivity index is 1.96. The molecule has 1 aliphatic rings. The lowest BCUT2D eigenvalue weighted by molar-refractivity contribution is -0.132. The van der Waals surface area contributed by atoms with Gasteiger partial charge >= 0.3 is 5.91 Å². The number of amides is 1. The fourth-order valence-corrected chi connectivity index (χ4v) is 4.20. The normalized spacial score (nSPS) is 18.3. The maximum atomic E-state index is 13.3. The van der Waals surface area contributed by atoms with Crippen molar-refractivity contribution in [3.05, 3.63) is 80.0 Å². The van der Waals surface area contributed by atoms with Gasteiger partial charge in [0.15, 0.2) is 0 Å². The molecule has 1 atom stereocenters. The number of ketones is 1. The molecular formula is C20H12Cl2FN3O3S. The van der Waals surface area contributed by atoms with Gasteiger partial charge in [-0.25, -0.2) is 4.39 Å². The van der Waals surface area contributed by atoms with Gasteiger partial charge in [-0.1, -0.05) is 40.6 Å². The fraction of sp³-hybridized carbons (Fsp3) is 0.100. The van der Waals surface area contributed by atoms with E-state index < -0.39 is 29.3 Å². The molecule has 1 amide bonds. The van der Waals surface area contributed by atoms with Crippen molar-refractivity contribution in [2.45, 2.75) is 13.0 Å². The van der Waals surface area contributed by atoms with E-state index in [1.54, 1.807) is 13.0 Å². The predicted octanol–water partition coefficient (Wildman–Crippen LogP) is 4.92. The van der Waals surface area contributed by atoms with Crippen LogP contribution in [0.3, 0.4) is 0 Å². The van der Waals surface area contributed by atoms with Crippen molar-refractivity contribution in [3.8, 4) is 0 Å². The third-order valence-electron chi connectivity index (χ3n) is 4.54. The molecule has 0 aliphatic carbocycles. The highest BCUT2D eigenvalue weighted by Gasteiger charge is 2.48. The van der Waals surface area contributed by atoms with E-state index >= 15 is 0 Å². The van der Waals surface area contributed by atoms with Crippen LogP contribution in [0.4, 0.5) is 9.52 Å². The standard InChI is InChI=1S/C20H12Cl2FN3O3S/c1-9-24-25-20(30-9)26-16(11-4-7-13(21)14(22)8-11)15(18(28)19(26)29)17(27)10-2-5-12(23)6-3-10/h2-8,16,27H,1H3/b17-15-. The van der Waals surface area contributed by atoms with E-state index in [0.717, 1.165) is 23.5 Å². The molecule has 6 nitrogen and oxygen atoms in total. The van der Waals surface area contributed by atoms with E-state index in [9.17, 15) is 19.1 Å². The molecule has 0 spiro atoms. The number of carbonyl (C=O) groups excluding carboxylic acids is 2. The van der Waals surface area contributed by atoms with Crippen LogP contribution in [0.5, 0.6) is 0 Å². The number of Topliss-reactive ketones (excluding diaryl/α,β-unsaturated/α-hetero) is 1. The first-order chi connectivity index (χ1) is 14.3. The van der Waals surface area contributed by atoms with Gasteiger partial charge in [-0.15, -0.1) is 10.2 Å². The van der Waals surface area contributed by atoms with Crippen LogP contribution in [-0.2, 0) is 9.59 Å². The summed E-state index contributed by atoms with van der Waals surface area (Å²) in [5.41, 5.74) is 0.464. The molecule has 2 aromatic carbocycles. The van der Waals surface area contributed by atoms with Gasteiger partial charge in [-0.2, -0.15) is 0 Å². The summed E-state index contributed by atoms with van der Waals surface area (Å²) in [6, 6.07) is 8.56. The minimum absolute atomic E-state index is 0.169. The summed E-state index contributed by atoms with van der Waals surface area (Å²) in [6.07, 6.45) is 0. The second-order valence-corrected chi connectivity index (χ2v) is 8.43. The molecule has 1 aliphatic heterocycles. The van der Waals surface area contributed by atoms with Gasteiger partial charge in [0.1, 0.15) is 16.6 Å². The maximum Gasteiger partial charge on any atom is 0.301 e. The Kier molecular flexibility index (Phi) is 5.31. The van der Waals surface area contributed by atoms with Gasteiger partial charge in [0, 0.05) is 5.56 Å². The van der Waals surface area contributed by atoms with Crippen LogP contribution in [0.15, 0.2) is 48.0 Å². The second kappa shape index (κ2) is 7.79. The zero-order valence-corrected chi connectivity index (χ0v) is 17.6. The number of aromatic nitrogens is 2. The zero-order chi connectivity index (χ0) is 21.6. The fourth-order valence-electron chi connectivity index (χ4n) is 3.17. The Hall–Kier alpha value is -2.81. The number of nitrogens with zero attached hydrogens (tertiary/aromatic N) is 3. The Bertz CT molecular complexity index is 1210. The average Bonchev–Trinajstić information content (AvgIpc) is 3.25. The predicted molar refractivity (Wildman–Crippen MR) is 112 cm³/mol. The molecule has 10 heteroatoms. The number of aliphatic hydroxyl groups excluding tert-OH is 1. The zero-order valence-electron chi connectivity index (χ0n) is 15.3. The van der Waals surface area contributed by atoms with Gasteiger partial charge in [-0.05, 0) is 48.9 Å². The van der Waals surface area contributed by atoms with Gasteiger partial charge in [0.25, 0.3) is 5.78 Å². The van der Waals surface area contributed by atoms with E-state index in [4.69, 9.17) is 23.2 Å². The summed E-state index contributed by atoms with van der Waals surface area (Å²) in [4.78, 5) is 27.0. The number of anilines is 1. The van der Waals surface area contributed by atoms with Crippen molar-refractivity contribution in [1.82, 2.24) is 10.2 Å². The van der Waals surface area contributed by atoms with Crippen LogP contribution >= 0.6 is 34.5 Å². The van der Waals surface area contributed by atoms with Crippen LogP contribution < -0.4 is 4.90 Å². The van der Waals surface area contributed by atoms with Crippen molar-refractivity contribution in [2.24, 2.45) is 0 Å². The molecule has 1 fully saturated rings. The van der Waals surface area contributed by atoms with Crippen molar-refractivity contribution in [1.29, 1.82) is 0 Å². The number of hydrogen-bond acceptors (Lipinski definition) is 6. The maximum absolute atomic E-state index is 13.3. The van der Waals surface area contributed by atoms with E-state index in [1.165, 1.54) is 29.2 Å². The highest BCUT2D eigenvalue weighted by Crippen LogP contribution is 2.43. The number of rotatable bonds is 3. The molecule has 1 aromatic heterocycles. The second-order valence-electron chi connectivity index (χ2n) is 6.45. The Labute approximate surface area is 184 Å². The molecule has 0 saturated carbocycles. The van der Waals surface area contributed by atoms with Crippen LogP contribution in [0.1, 0.15) is 22.2 Å². The summed E-state index contributed by atoms with van der Waals surface area (Å²) >= 11 is 13.3. The van der Waals surface area contributed by atoms with Gasteiger partial charge in [-0.3, -0.25) is 14.5 Å². The summed E-state index contributed by atoms with van der Waals surface area (Å²) < 4.78 is 13.3. The van der Waals surface area contributed by atoms with Gasteiger partial charge < -0.3 is 5.11 Å². The molecule has 3 aromatic rings. The highest BCUT2D eigenvalue weighted by molar-refractivity contribution is 7.15. The summed E-state index contributed by atoms with van der Waals surface area (Å²) in [7, 11) is 0. The van der Waals surface area contributed by atoms with E-state index in [2.05, 4.69) is 10.2 Å². The molecule has 0 radical (unpaired) electrons. The number of aliphatic hydroxyl groups is 1. The largest absolute Gasteiger partial charge is 0.507 e. The molecule has 152 valence electrons. The molecule has 1 saturated heterocycles. The minimum atomic E-state index is -1.02. The minimum Gasteiger partial charge on any atom is -0.507 e. The first kappa shape index (κ1) is 20.5. The third-order valence-corrected chi connectivity index (χ3v) is 6.12. The first-order valence-corrected chi connectivity index (χ1v) is 10.2. The quantitative estimate of drug-likeness (QED) is 0.338. The van der Waals surface area contributed by atoms with E-state index in [1.807, 2.05) is 0 Å². The van der Waals surface area contributed by atoms with E-state index in [0.29, 0.717) is 15.6 Å². The molecule has 2 heterocycles. The molecule has 1 N–H and O–H groups in total. The van der Waals surface area contributed by atoms with Gasteiger partial charge in [0.05, 0.1) is 21.7 Å². The molecule has 30 heavy (non-hydrogen) atoms. The number of benzene rings is 2. The Morgan fingerprint density at radius 2 is 1.80 bits per heavy atom. The summed E-state index contributed by atoms with van der Waals surface area (Å²) in [6.45, 7) is 1.71. The lowest BCUT2D eigenvalue weighted by Gasteiger charge is -2.22. The van der Waals surface area contributed by atoms with Crippen molar-refractivity contribution in [2.75, 3.05) is 4.90 Å². The number of carbonyl (C=O) groups is 2. The van der Waals surface area contributed by atoms with Crippen LogP contribution in [0.2, 0.25) is 10.0 Å². The number of hydrogen-bond donors (Lipinski definition) is 1. The average molecular weight is 464 g/mol. The molecular weight excluding hydrogens is 452 g/mol. The summed E-state index contributed by atoms with van der Waals surface area (Å²) in [5.74, 6) is -2.71. The molecule has 4 rings (SSSR count). The third kappa shape index (κ3) is 3.47. The number of halogens is 3. The van der Waals surface area contributed by atoms with Crippen molar-refractivity contribution >= 4 is 57.1 Å². The first-order valence-electron chi connectivity index (χ1n) is 8.60. The summed E-state index contributed by atoms with van der Waals surface area (Å²) in [5, 5.41) is 20.1. The highest BCUT2D eigenvalue weighted by atomic mass is 35.5. The Morgan fingerprint density at radius 1 is 1.10 bits per heavy atom.